The monoisotopic (exact) mass is 235 g/mol. The standard InChI is InChI=1S/C17H17N/c1-10-7-14-5-6-15-8-12(3)13(4)18-17(15)16(14)9-11(10)2/h5-9H,1-4H3. The Morgan fingerprint density at radius 2 is 1.33 bits per heavy atom. The van der Waals surface area contributed by atoms with Gasteiger partial charge in [-0.2, -0.15) is 0 Å². The molecule has 1 heteroatoms. The molecule has 0 amide bonds. The predicted octanol–water partition coefficient (Wildman–Crippen LogP) is 4.62. The first-order valence-corrected chi connectivity index (χ1v) is 6.34. The SMILES string of the molecule is Cc1cc2ccc3cc(C)c(C)nc3c2cc1C. The third kappa shape index (κ3) is 1.59. The molecule has 0 aliphatic rings. The van der Waals surface area contributed by atoms with Gasteiger partial charge in [0.15, 0.2) is 0 Å². The lowest BCUT2D eigenvalue weighted by Crippen LogP contribution is -1.90. The van der Waals surface area contributed by atoms with Crippen LogP contribution in [0.2, 0.25) is 0 Å². The number of aromatic nitrogens is 1. The van der Waals surface area contributed by atoms with Crippen molar-refractivity contribution in [2.45, 2.75) is 27.7 Å². The molecule has 0 aliphatic carbocycles. The number of aryl methyl sites for hydroxylation is 4. The molecule has 0 atom stereocenters. The molecule has 90 valence electrons. The molecule has 18 heavy (non-hydrogen) atoms. The van der Waals surface area contributed by atoms with Crippen LogP contribution >= 0.6 is 0 Å². The van der Waals surface area contributed by atoms with Crippen molar-refractivity contribution >= 4 is 21.7 Å². The summed E-state index contributed by atoms with van der Waals surface area (Å²) in [5.41, 5.74) is 6.17. The van der Waals surface area contributed by atoms with Crippen molar-refractivity contribution in [3.05, 3.63) is 52.7 Å². The summed E-state index contributed by atoms with van der Waals surface area (Å²) in [4.78, 5) is 4.77. The van der Waals surface area contributed by atoms with Crippen LogP contribution in [0.4, 0.5) is 0 Å². The van der Waals surface area contributed by atoms with Gasteiger partial charge in [0.25, 0.3) is 0 Å². The third-order valence-corrected chi connectivity index (χ3v) is 3.86. The van der Waals surface area contributed by atoms with Crippen molar-refractivity contribution in [3.63, 3.8) is 0 Å². The van der Waals surface area contributed by atoms with E-state index in [0.717, 1.165) is 11.2 Å². The topological polar surface area (TPSA) is 12.9 Å². The van der Waals surface area contributed by atoms with Gasteiger partial charge in [0, 0.05) is 16.5 Å². The van der Waals surface area contributed by atoms with E-state index in [1.54, 1.807) is 0 Å². The zero-order valence-corrected chi connectivity index (χ0v) is 11.3. The van der Waals surface area contributed by atoms with Gasteiger partial charge in [-0.25, -0.2) is 0 Å². The van der Waals surface area contributed by atoms with E-state index in [9.17, 15) is 0 Å². The molecule has 0 spiro atoms. The van der Waals surface area contributed by atoms with Gasteiger partial charge >= 0.3 is 0 Å². The molecule has 1 aromatic heterocycles. The molecular weight excluding hydrogens is 218 g/mol. The molecule has 0 saturated carbocycles. The van der Waals surface area contributed by atoms with Gasteiger partial charge in [-0.15, -0.1) is 0 Å². The normalized spacial score (nSPS) is 11.3. The molecule has 2 aromatic carbocycles. The lowest BCUT2D eigenvalue weighted by molar-refractivity contribution is 1.20. The second kappa shape index (κ2) is 3.81. The molecular formula is C17H17N. The number of benzene rings is 2. The van der Waals surface area contributed by atoms with Gasteiger partial charge < -0.3 is 0 Å². The second-order valence-electron chi connectivity index (χ2n) is 5.19. The molecule has 0 N–H and O–H groups in total. The molecule has 0 bridgehead atoms. The van der Waals surface area contributed by atoms with Crippen LogP contribution in [0.25, 0.3) is 21.7 Å². The van der Waals surface area contributed by atoms with Crippen molar-refractivity contribution in [1.29, 1.82) is 0 Å². The summed E-state index contributed by atoms with van der Waals surface area (Å²) in [6, 6.07) is 11.1. The minimum absolute atomic E-state index is 1.12. The Bertz CT molecular complexity index is 703. The highest BCUT2D eigenvalue weighted by Crippen LogP contribution is 2.27. The molecule has 0 saturated heterocycles. The number of nitrogens with zero attached hydrogens (tertiary/aromatic N) is 1. The highest BCUT2D eigenvalue weighted by molar-refractivity contribution is 6.05. The Morgan fingerprint density at radius 3 is 2.11 bits per heavy atom. The molecule has 0 fully saturated rings. The van der Waals surface area contributed by atoms with E-state index in [-0.39, 0.29) is 0 Å². The van der Waals surface area contributed by atoms with Crippen LogP contribution in [-0.2, 0) is 0 Å². The minimum atomic E-state index is 1.12. The van der Waals surface area contributed by atoms with Gasteiger partial charge in [0.05, 0.1) is 5.52 Å². The van der Waals surface area contributed by atoms with Crippen LogP contribution in [-0.4, -0.2) is 4.98 Å². The fourth-order valence-electron chi connectivity index (χ4n) is 2.43. The van der Waals surface area contributed by atoms with Crippen molar-refractivity contribution < 1.29 is 0 Å². The van der Waals surface area contributed by atoms with Crippen LogP contribution in [0, 0.1) is 27.7 Å². The number of fused-ring (bicyclic) bond motifs is 3. The first-order valence-electron chi connectivity index (χ1n) is 6.34. The molecule has 0 radical (unpaired) electrons. The summed E-state index contributed by atoms with van der Waals surface area (Å²) < 4.78 is 0. The maximum absolute atomic E-state index is 4.77. The van der Waals surface area contributed by atoms with Crippen LogP contribution in [0.5, 0.6) is 0 Å². The van der Waals surface area contributed by atoms with Gasteiger partial charge in [0.2, 0.25) is 0 Å². The maximum atomic E-state index is 4.77. The fraction of sp³-hybridized carbons (Fsp3) is 0.235. The van der Waals surface area contributed by atoms with Gasteiger partial charge in [-0.1, -0.05) is 18.2 Å². The van der Waals surface area contributed by atoms with E-state index in [1.807, 2.05) is 0 Å². The van der Waals surface area contributed by atoms with Crippen molar-refractivity contribution in [2.24, 2.45) is 0 Å². The number of hydrogen-bond donors (Lipinski definition) is 0. The van der Waals surface area contributed by atoms with E-state index in [2.05, 4.69) is 58.0 Å². The first-order chi connectivity index (χ1) is 8.56. The van der Waals surface area contributed by atoms with E-state index < -0.39 is 0 Å². The Hall–Kier alpha value is -1.89. The maximum Gasteiger partial charge on any atom is 0.0783 e. The first kappa shape index (κ1) is 11.2. The summed E-state index contributed by atoms with van der Waals surface area (Å²) in [6.07, 6.45) is 0. The van der Waals surface area contributed by atoms with Crippen molar-refractivity contribution in [1.82, 2.24) is 4.98 Å². The molecule has 0 aliphatic heterocycles. The third-order valence-electron chi connectivity index (χ3n) is 3.86. The summed E-state index contributed by atoms with van der Waals surface area (Å²) >= 11 is 0. The average Bonchev–Trinajstić information content (AvgIpc) is 2.33. The fourth-order valence-corrected chi connectivity index (χ4v) is 2.43. The van der Waals surface area contributed by atoms with Gasteiger partial charge in [-0.05, 0) is 61.9 Å². The number of pyridine rings is 1. The van der Waals surface area contributed by atoms with Crippen molar-refractivity contribution in [3.8, 4) is 0 Å². The molecule has 3 rings (SSSR count). The van der Waals surface area contributed by atoms with Crippen LogP contribution in [0.1, 0.15) is 22.4 Å². The largest absolute Gasteiger partial charge is 0.252 e. The lowest BCUT2D eigenvalue weighted by Gasteiger charge is -2.09. The Balaban J connectivity index is 2.52. The Labute approximate surface area is 107 Å². The summed E-state index contributed by atoms with van der Waals surface area (Å²) in [6.45, 7) is 8.52. The quantitative estimate of drug-likeness (QED) is 0.518. The van der Waals surface area contributed by atoms with Crippen LogP contribution < -0.4 is 0 Å². The predicted molar refractivity (Wildman–Crippen MR) is 78.2 cm³/mol. The highest BCUT2D eigenvalue weighted by Gasteiger charge is 2.06. The Kier molecular flexibility index (Phi) is 2.37. The zero-order chi connectivity index (χ0) is 12.9. The minimum Gasteiger partial charge on any atom is -0.252 e. The second-order valence-corrected chi connectivity index (χ2v) is 5.19. The Morgan fingerprint density at radius 1 is 0.722 bits per heavy atom. The van der Waals surface area contributed by atoms with Crippen molar-refractivity contribution in [2.75, 3.05) is 0 Å². The van der Waals surface area contributed by atoms with Crippen LogP contribution in [0.3, 0.4) is 0 Å². The molecule has 0 unspecified atom stereocenters. The molecule has 3 aromatic rings. The van der Waals surface area contributed by atoms with Gasteiger partial charge in [-0.3, -0.25) is 4.98 Å². The van der Waals surface area contributed by atoms with E-state index in [4.69, 9.17) is 4.98 Å². The number of rotatable bonds is 0. The zero-order valence-electron chi connectivity index (χ0n) is 11.3. The molecule has 1 nitrogen and oxygen atoms in total. The summed E-state index contributed by atoms with van der Waals surface area (Å²) in [7, 11) is 0. The highest BCUT2D eigenvalue weighted by atomic mass is 14.7. The lowest BCUT2D eigenvalue weighted by atomic mass is 9.99. The average molecular weight is 235 g/mol. The van der Waals surface area contributed by atoms with E-state index in [0.29, 0.717) is 0 Å². The van der Waals surface area contributed by atoms with E-state index in [1.165, 1.54) is 32.8 Å². The summed E-state index contributed by atoms with van der Waals surface area (Å²) in [5, 5.41) is 3.77. The van der Waals surface area contributed by atoms with E-state index >= 15 is 0 Å². The van der Waals surface area contributed by atoms with Gasteiger partial charge in [0.1, 0.15) is 0 Å². The van der Waals surface area contributed by atoms with Crippen LogP contribution in [0.15, 0.2) is 30.3 Å². The smallest absolute Gasteiger partial charge is 0.0783 e. The molecule has 1 heterocycles. The summed E-state index contributed by atoms with van der Waals surface area (Å²) in [5.74, 6) is 0. The number of hydrogen-bond acceptors (Lipinski definition) is 1.